The molecule has 0 spiro atoms. The molecule has 0 aliphatic heterocycles. The van der Waals surface area contributed by atoms with Crippen molar-refractivity contribution in [3.63, 3.8) is 0 Å². The molecule has 7 heteroatoms. The first kappa shape index (κ1) is 20.0. The van der Waals surface area contributed by atoms with Gasteiger partial charge in [-0.3, -0.25) is 14.2 Å². The molecule has 144 valence electrons. The summed E-state index contributed by atoms with van der Waals surface area (Å²) in [6.07, 6.45) is 7.42. The minimum absolute atomic E-state index is 0.0671. The van der Waals surface area contributed by atoms with Crippen molar-refractivity contribution in [2.45, 2.75) is 49.8 Å². The zero-order valence-corrected chi connectivity index (χ0v) is 17.1. The predicted molar refractivity (Wildman–Crippen MR) is 112 cm³/mol. The Bertz CT molecular complexity index is 906. The van der Waals surface area contributed by atoms with E-state index in [2.05, 4.69) is 11.6 Å². The Morgan fingerprint density at radius 2 is 2.15 bits per heavy atom. The SMILES string of the molecule is C=CCn1c(SCC(=O)N(C)C2CCCCC2)nc2cc(Cl)ccc2c1=O. The molecule has 0 saturated heterocycles. The zero-order chi connectivity index (χ0) is 19.4. The van der Waals surface area contributed by atoms with Gasteiger partial charge < -0.3 is 4.90 Å². The van der Waals surface area contributed by atoms with Crippen molar-refractivity contribution in [1.82, 2.24) is 14.5 Å². The van der Waals surface area contributed by atoms with Gasteiger partial charge in [-0.05, 0) is 31.0 Å². The highest BCUT2D eigenvalue weighted by atomic mass is 35.5. The fourth-order valence-corrected chi connectivity index (χ4v) is 4.57. The van der Waals surface area contributed by atoms with E-state index >= 15 is 0 Å². The van der Waals surface area contributed by atoms with Crippen molar-refractivity contribution in [1.29, 1.82) is 0 Å². The molecule has 0 atom stereocenters. The molecule has 1 saturated carbocycles. The standard InChI is InChI=1S/C20H24ClN3O2S/c1-3-11-24-19(26)16-10-9-14(21)12-17(16)22-20(24)27-13-18(25)23(2)15-7-5-4-6-8-15/h3,9-10,12,15H,1,4-8,11,13H2,2H3. The molecule has 27 heavy (non-hydrogen) atoms. The topological polar surface area (TPSA) is 55.2 Å². The van der Waals surface area contributed by atoms with Gasteiger partial charge in [-0.25, -0.2) is 4.98 Å². The van der Waals surface area contributed by atoms with Crippen LogP contribution in [0.5, 0.6) is 0 Å². The van der Waals surface area contributed by atoms with E-state index in [-0.39, 0.29) is 17.2 Å². The second kappa shape index (κ2) is 8.93. The number of amides is 1. The summed E-state index contributed by atoms with van der Waals surface area (Å²) in [5.41, 5.74) is 0.399. The Morgan fingerprint density at radius 1 is 1.41 bits per heavy atom. The summed E-state index contributed by atoms with van der Waals surface area (Å²) in [4.78, 5) is 31.9. The third-order valence-electron chi connectivity index (χ3n) is 5.03. The average molecular weight is 406 g/mol. The number of rotatable bonds is 6. The van der Waals surface area contributed by atoms with Crippen LogP contribution in [0.25, 0.3) is 10.9 Å². The lowest BCUT2D eigenvalue weighted by molar-refractivity contribution is -0.129. The van der Waals surface area contributed by atoms with Crippen molar-refractivity contribution in [3.05, 3.63) is 46.2 Å². The van der Waals surface area contributed by atoms with Crippen LogP contribution in [0.3, 0.4) is 0 Å². The first-order valence-corrected chi connectivity index (χ1v) is 10.6. The van der Waals surface area contributed by atoms with Gasteiger partial charge in [0, 0.05) is 24.7 Å². The second-order valence-electron chi connectivity index (χ2n) is 6.85. The molecule has 5 nitrogen and oxygen atoms in total. The molecule has 2 aromatic rings. The number of allylic oxidation sites excluding steroid dienone is 1. The minimum atomic E-state index is -0.146. The van der Waals surface area contributed by atoms with Crippen LogP contribution in [0.4, 0.5) is 0 Å². The van der Waals surface area contributed by atoms with Crippen molar-refractivity contribution in [2.24, 2.45) is 0 Å². The summed E-state index contributed by atoms with van der Waals surface area (Å²) in [5.74, 6) is 0.320. The fraction of sp³-hybridized carbons (Fsp3) is 0.450. The fourth-order valence-electron chi connectivity index (χ4n) is 3.47. The number of fused-ring (bicyclic) bond motifs is 1. The van der Waals surface area contributed by atoms with Gasteiger partial charge in [-0.1, -0.05) is 48.7 Å². The van der Waals surface area contributed by atoms with Crippen LogP contribution < -0.4 is 5.56 Å². The number of nitrogens with zero attached hydrogens (tertiary/aromatic N) is 3. The lowest BCUT2D eigenvalue weighted by atomic mass is 9.94. The van der Waals surface area contributed by atoms with E-state index in [4.69, 9.17) is 11.6 Å². The van der Waals surface area contributed by atoms with E-state index in [0.717, 1.165) is 12.8 Å². The Labute approximate surface area is 168 Å². The summed E-state index contributed by atoms with van der Waals surface area (Å²) in [6, 6.07) is 5.37. The van der Waals surface area contributed by atoms with Crippen molar-refractivity contribution < 1.29 is 4.79 Å². The molecule has 1 aliphatic rings. The van der Waals surface area contributed by atoms with Crippen LogP contribution in [0.2, 0.25) is 5.02 Å². The second-order valence-corrected chi connectivity index (χ2v) is 8.22. The van der Waals surface area contributed by atoms with E-state index in [9.17, 15) is 9.59 Å². The third-order valence-corrected chi connectivity index (χ3v) is 6.23. The van der Waals surface area contributed by atoms with Gasteiger partial charge in [0.25, 0.3) is 5.56 Å². The Kier molecular flexibility index (Phi) is 6.60. The van der Waals surface area contributed by atoms with E-state index in [0.29, 0.717) is 33.7 Å². The number of thioether (sulfide) groups is 1. The molecule has 1 fully saturated rings. The normalized spacial score (nSPS) is 15.0. The van der Waals surface area contributed by atoms with Gasteiger partial charge in [0.1, 0.15) is 0 Å². The van der Waals surface area contributed by atoms with Gasteiger partial charge in [0.2, 0.25) is 5.91 Å². The number of halogens is 1. The Morgan fingerprint density at radius 3 is 2.85 bits per heavy atom. The van der Waals surface area contributed by atoms with Crippen molar-refractivity contribution >= 4 is 40.2 Å². The first-order chi connectivity index (χ1) is 13.0. The maximum absolute atomic E-state index is 12.8. The molecule has 1 amide bonds. The van der Waals surface area contributed by atoms with E-state index < -0.39 is 0 Å². The third kappa shape index (κ3) is 4.55. The number of aromatic nitrogens is 2. The lowest BCUT2D eigenvalue weighted by Crippen LogP contribution is -2.39. The number of hydrogen-bond acceptors (Lipinski definition) is 4. The van der Waals surface area contributed by atoms with E-state index in [1.54, 1.807) is 28.8 Å². The number of hydrogen-bond donors (Lipinski definition) is 0. The zero-order valence-electron chi connectivity index (χ0n) is 15.5. The molecule has 0 unspecified atom stereocenters. The Balaban J connectivity index is 1.82. The summed E-state index contributed by atoms with van der Waals surface area (Å²) >= 11 is 7.34. The highest BCUT2D eigenvalue weighted by Crippen LogP contribution is 2.24. The van der Waals surface area contributed by atoms with Crippen LogP contribution in [-0.4, -0.2) is 39.2 Å². The molecule has 0 bridgehead atoms. The maximum atomic E-state index is 12.8. The average Bonchev–Trinajstić information content (AvgIpc) is 2.68. The van der Waals surface area contributed by atoms with Gasteiger partial charge in [-0.2, -0.15) is 0 Å². The van der Waals surface area contributed by atoms with Crippen LogP contribution in [0.15, 0.2) is 40.8 Å². The summed E-state index contributed by atoms with van der Waals surface area (Å²) in [6.45, 7) is 4.07. The predicted octanol–water partition coefficient (Wildman–Crippen LogP) is 4.12. The van der Waals surface area contributed by atoms with Crippen molar-refractivity contribution in [2.75, 3.05) is 12.8 Å². The van der Waals surface area contributed by atoms with Gasteiger partial charge in [-0.15, -0.1) is 6.58 Å². The largest absolute Gasteiger partial charge is 0.342 e. The number of carbonyl (C=O) groups excluding carboxylic acids is 1. The molecule has 0 N–H and O–H groups in total. The first-order valence-electron chi connectivity index (χ1n) is 9.20. The van der Waals surface area contributed by atoms with Crippen LogP contribution >= 0.6 is 23.4 Å². The van der Waals surface area contributed by atoms with Crippen molar-refractivity contribution in [3.8, 4) is 0 Å². The smallest absolute Gasteiger partial charge is 0.262 e. The molecule has 1 heterocycles. The summed E-state index contributed by atoms with van der Waals surface area (Å²) < 4.78 is 1.56. The van der Waals surface area contributed by atoms with Crippen LogP contribution in [0, 0.1) is 0 Å². The number of carbonyl (C=O) groups is 1. The quantitative estimate of drug-likeness (QED) is 0.412. The minimum Gasteiger partial charge on any atom is -0.342 e. The maximum Gasteiger partial charge on any atom is 0.262 e. The molecular formula is C20H24ClN3O2S. The molecule has 1 aromatic carbocycles. The molecular weight excluding hydrogens is 382 g/mol. The lowest BCUT2D eigenvalue weighted by Gasteiger charge is -2.31. The van der Waals surface area contributed by atoms with Crippen LogP contribution in [0.1, 0.15) is 32.1 Å². The highest BCUT2D eigenvalue weighted by molar-refractivity contribution is 7.99. The van der Waals surface area contributed by atoms with Gasteiger partial charge >= 0.3 is 0 Å². The number of benzene rings is 1. The van der Waals surface area contributed by atoms with E-state index in [1.807, 2.05) is 11.9 Å². The molecule has 1 aromatic heterocycles. The molecule has 0 radical (unpaired) electrons. The monoisotopic (exact) mass is 405 g/mol. The molecule has 1 aliphatic carbocycles. The van der Waals surface area contributed by atoms with Gasteiger partial charge in [0.05, 0.1) is 16.7 Å². The Hall–Kier alpha value is -1.79. The van der Waals surface area contributed by atoms with E-state index in [1.165, 1.54) is 31.0 Å². The highest BCUT2D eigenvalue weighted by Gasteiger charge is 2.22. The summed E-state index contributed by atoms with van der Waals surface area (Å²) in [5, 5.41) is 1.55. The summed E-state index contributed by atoms with van der Waals surface area (Å²) in [7, 11) is 1.88. The van der Waals surface area contributed by atoms with Gasteiger partial charge in [0.15, 0.2) is 5.16 Å². The van der Waals surface area contributed by atoms with Crippen LogP contribution in [-0.2, 0) is 11.3 Å². The molecule has 3 rings (SSSR count).